The normalized spacial score (nSPS) is 13.4. The van der Waals surface area contributed by atoms with Gasteiger partial charge in [-0.3, -0.25) is 0 Å². The number of aliphatic hydroxyl groups excluding tert-OH is 1. The van der Waals surface area contributed by atoms with Crippen molar-refractivity contribution in [1.82, 2.24) is 0 Å². The molecule has 5 nitrogen and oxygen atoms in total. The molecule has 1 unspecified atom stereocenters. The summed E-state index contributed by atoms with van der Waals surface area (Å²) in [5.41, 5.74) is -0.987. The van der Waals surface area contributed by atoms with Crippen molar-refractivity contribution in [2.75, 3.05) is 13.2 Å². The van der Waals surface area contributed by atoms with Crippen molar-refractivity contribution in [3.05, 3.63) is 24.8 Å². The molecule has 1 atom stereocenters. The Morgan fingerprint density at radius 3 is 2.41 bits per heavy atom. The highest BCUT2D eigenvalue weighted by Gasteiger charge is 2.33. The van der Waals surface area contributed by atoms with Crippen molar-refractivity contribution in [2.45, 2.75) is 25.9 Å². The van der Waals surface area contributed by atoms with Crippen LogP contribution in [0.3, 0.4) is 0 Å². The summed E-state index contributed by atoms with van der Waals surface area (Å²) in [6.07, 6.45) is 1.30. The van der Waals surface area contributed by atoms with Crippen molar-refractivity contribution in [3.63, 3.8) is 0 Å². The van der Waals surface area contributed by atoms with Gasteiger partial charge in [0, 0.05) is 11.6 Å². The Kier molecular flexibility index (Phi) is 6.20. The number of ether oxygens (including phenoxy) is 2. The van der Waals surface area contributed by atoms with Gasteiger partial charge in [-0.05, 0) is 13.3 Å². The minimum Gasteiger partial charge on any atom is -0.458 e. The first-order chi connectivity index (χ1) is 7.90. The molecule has 17 heavy (non-hydrogen) atoms. The summed E-state index contributed by atoms with van der Waals surface area (Å²) in [6, 6.07) is 0. The Balaban J connectivity index is 4.60. The van der Waals surface area contributed by atoms with Crippen LogP contribution < -0.4 is 0 Å². The molecule has 0 aromatic rings. The second-order valence-corrected chi connectivity index (χ2v) is 3.68. The molecule has 96 valence electrons. The van der Waals surface area contributed by atoms with Gasteiger partial charge in [0.1, 0.15) is 6.61 Å². The van der Waals surface area contributed by atoms with Gasteiger partial charge in [0.2, 0.25) is 0 Å². The second kappa shape index (κ2) is 6.85. The highest BCUT2D eigenvalue weighted by atomic mass is 16.6. The number of carbonyl (C=O) groups excluding carboxylic acids is 2. The number of esters is 2. The van der Waals surface area contributed by atoms with E-state index in [1.807, 2.05) is 0 Å². The molecule has 0 heterocycles. The fourth-order valence-electron chi connectivity index (χ4n) is 0.969. The predicted octanol–water partition coefficient (Wildman–Crippen LogP) is 0.976. The number of hydrogen-bond donors (Lipinski definition) is 1. The standard InChI is InChI=1S/C12H18O5/c1-5-10(14)17-12(6-2,7-13)8-16-11(15)9(3)4/h5,13H,1,3,6-8H2,2,4H3. The van der Waals surface area contributed by atoms with E-state index in [1.165, 1.54) is 6.92 Å². The molecule has 0 aromatic heterocycles. The van der Waals surface area contributed by atoms with Crippen LogP contribution >= 0.6 is 0 Å². The third kappa shape index (κ3) is 4.82. The van der Waals surface area contributed by atoms with Gasteiger partial charge in [0.25, 0.3) is 0 Å². The van der Waals surface area contributed by atoms with Crippen LogP contribution in [0.2, 0.25) is 0 Å². The SMILES string of the molecule is C=CC(=O)OC(CC)(CO)COC(=O)C(=C)C. The fraction of sp³-hybridized carbons (Fsp3) is 0.500. The molecule has 0 aliphatic heterocycles. The second-order valence-electron chi connectivity index (χ2n) is 3.68. The Hall–Kier alpha value is -1.62. The van der Waals surface area contributed by atoms with Gasteiger partial charge in [-0.2, -0.15) is 0 Å². The first-order valence-corrected chi connectivity index (χ1v) is 5.19. The molecule has 0 aliphatic carbocycles. The molecule has 0 aromatic carbocycles. The Labute approximate surface area is 101 Å². The Bertz CT molecular complexity index is 315. The van der Waals surface area contributed by atoms with E-state index < -0.39 is 24.1 Å². The Morgan fingerprint density at radius 2 is 2.06 bits per heavy atom. The smallest absolute Gasteiger partial charge is 0.333 e. The van der Waals surface area contributed by atoms with Crippen LogP contribution in [0.15, 0.2) is 24.8 Å². The predicted molar refractivity (Wildman–Crippen MR) is 62.2 cm³/mol. The topological polar surface area (TPSA) is 72.8 Å². The third-order valence-electron chi connectivity index (χ3n) is 2.23. The van der Waals surface area contributed by atoms with Gasteiger partial charge in [-0.25, -0.2) is 9.59 Å². The zero-order valence-electron chi connectivity index (χ0n) is 10.2. The first-order valence-electron chi connectivity index (χ1n) is 5.19. The maximum absolute atomic E-state index is 11.2. The summed E-state index contributed by atoms with van der Waals surface area (Å²) >= 11 is 0. The molecule has 1 N–H and O–H groups in total. The molecule has 0 fully saturated rings. The summed E-state index contributed by atoms with van der Waals surface area (Å²) in [7, 11) is 0. The lowest BCUT2D eigenvalue weighted by Gasteiger charge is -2.29. The number of hydrogen-bond acceptors (Lipinski definition) is 5. The first kappa shape index (κ1) is 15.4. The quantitative estimate of drug-likeness (QED) is 0.532. The third-order valence-corrected chi connectivity index (χ3v) is 2.23. The highest BCUT2D eigenvalue weighted by Crippen LogP contribution is 2.17. The summed E-state index contributed by atoms with van der Waals surface area (Å²) in [6.45, 7) is 9.24. The van der Waals surface area contributed by atoms with E-state index in [9.17, 15) is 14.7 Å². The molecular weight excluding hydrogens is 224 g/mol. The molecule has 0 bridgehead atoms. The largest absolute Gasteiger partial charge is 0.458 e. The molecule has 0 saturated heterocycles. The minimum atomic E-state index is -1.23. The molecule has 0 rings (SSSR count). The lowest BCUT2D eigenvalue weighted by Crippen LogP contribution is -2.43. The molecular formula is C12H18O5. The number of aliphatic hydroxyl groups is 1. The van der Waals surface area contributed by atoms with E-state index in [0.29, 0.717) is 6.42 Å². The van der Waals surface area contributed by atoms with Gasteiger partial charge < -0.3 is 14.6 Å². The van der Waals surface area contributed by atoms with E-state index in [4.69, 9.17) is 9.47 Å². The van der Waals surface area contributed by atoms with Crippen molar-refractivity contribution in [2.24, 2.45) is 0 Å². The average molecular weight is 242 g/mol. The molecule has 0 saturated carbocycles. The molecule has 0 radical (unpaired) electrons. The van der Waals surface area contributed by atoms with Gasteiger partial charge in [0.05, 0.1) is 6.61 Å². The van der Waals surface area contributed by atoms with Gasteiger partial charge >= 0.3 is 11.9 Å². The van der Waals surface area contributed by atoms with Crippen molar-refractivity contribution < 1.29 is 24.2 Å². The van der Waals surface area contributed by atoms with Crippen LogP contribution in [-0.2, 0) is 19.1 Å². The summed E-state index contributed by atoms with van der Waals surface area (Å²) < 4.78 is 9.89. The van der Waals surface area contributed by atoms with Gasteiger partial charge in [0.15, 0.2) is 5.60 Å². The lowest BCUT2D eigenvalue weighted by molar-refractivity contribution is -0.172. The molecule has 0 spiro atoms. The van der Waals surface area contributed by atoms with Gasteiger partial charge in [-0.1, -0.05) is 20.1 Å². The zero-order chi connectivity index (χ0) is 13.5. The van der Waals surface area contributed by atoms with Crippen molar-refractivity contribution >= 4 is 11.9 Å². The summed E-state index contributed by atoms with van der Waals surface area (Å²) in [5, 5.41) is 9.25. The van der Waals surface area contributed by atoms with Crippen LogP contribution in [0.4, 0.5) is 0 Å². The number of carbonyl (C=O) groups is 2. The van der Waals surface area contributed by atoms with E-state index in [0.717, 1.165) is 6.08 Å². The summed E-state index contributed by atoms with van der Waals surface area (Å²) in [4.78, 5) is 22.3. The average Bonchev–Trinajstić information content (AvgIpc) is 2.33. The van der Waals surface area contributed by atoms with E-state index >= 15 is 0 Å². The maximum Gasteiger partial charge on any atom is 0.333 e. The van der Waals surface area contributed by atoms with Crippen molar-refractivity contribution in [1.29, 1.82) is 0 Å². The van der Waals surface area contributed by atoms with Gasteiger partial charge in [-0.15, -0.1) is 0 Å². The molecule has 5 heteroatoms. The minimum absolute atomic E-state index is 0.217. The fourth-order valence-corrected chi connectivity index (χ4v) is 0.969. The zero-order valence-corrected chi connectivity index (χ0v) is 10.2. The van der Waals surface area contributed by atoms with Crippen LogP contribution in [0.1, 0.15) is 20.3 Å². The monoisotopic (exact) mass is 242 g/mol. The highest BCUT2D eigenvalue weighted by molar-refractivity contribution is 5.87. The number of rotatable bonds is 7. The van der Waals surface area contributed by atoms with Crippen LogP contribution in [-0.4, -0.2) is 35.9 Å². The summed E-state index contributed by atoms with van der Waals surface area (Å²) in [5.74, 6) is -1.27. The van der Waals surface area contributed by atoms with Crippen LogP contribution in [0, 0.1) is 0 Å². The van der Waals surface area contributed by atoms with E-state index in [-0.39, 0.29) is 12.2 Å². The Morgan fingerprint density at radius 1 is 1.47 bits per heavy atom. The van der Waals surface area contributed by atoms with E-state index in [1.54, 1.807) is 6.92 Å². The van der Waals surface area contributed by atoms with Crippen LogP contribution in [0.5, 0.6) is 0 Å². The lowest BCUT2D eigenvalue weighted by atomic mass is 10.0. The molecule has 0 aliphatic rings. The van der Waals surface area contributed by atoms with Crippen molar-refractivity contribution in [3.8, 4) is 0 Å². The molecule has 0 amide bonds. The maximum atomic E-state index is 11.2. The van der Waals surface area contributed by atoms with E-state index in [2.05, 4.69) is 13.2 Å². The van der Waals surface area contributed by atoms with Crippen LogP contribution in [0.25, 0.3) is 0 Å².